The van der Waals surface area contributed by atoms with Gasteiger partial charge in [0.15, 0.2) is 0 Å². The number of nitrogens with zero attached hydrogens (tertiary/aromatic N) is 2. The summed E-state index contributed by atoms with van der Waals surface area (Å²) in [7, 11) is 0. The van der Waals surface area contributed by atoms with Gasteiger partial charge in [0.05, 0.1) is 11.0 Å². The first-order valence-corrected chi connectivity index (χ1v) is 7.98. The topological polar surface area (TPSA) is 46.9 Å². The molecule has 1 heterocycles. The van der Waals surface area contributed by atoms with E-state index in [1.807, 2.05) is 36.6 Å². The molecule has 0 radical (unpaired) electrons. The van der Waals surface area contributed by atoms with Gasteiger partial charge in [0, 0.05) is 18.3 Å². The fourth-order valence-electron chi connectivity index (χ4n) is 2.67. The van der Waals surface area contributed by atoms with Gasteiger partial charge < -0.3 is 9.88 Å². The molecular formula is C16H20ClN3O. The highest BCUT2D eigenvalue weighted by molar-refractivity contribution is 6.17. The molecule has 2 aromatic rings. The van der Waals surface area contributed by atoms with E-state index in [1.54, 1.807) is 0 Å². The van der Waals surface area contributed by atoms with Crippen LogP contribution in [-0.4, -0.2) is 27.4 Å². The average molecular weight is 306 g/mol. The van der Waals surface area contributed by atoms with Crippen LogP contribution in [0.5, 0.6) is 0 Å². The summed E-state index contributed by atoms with van der Waals surface area (Å²) in [6.07, 6.45) is 2.85. The lowest BCUT2D eigenvalue weighted by atomic mass is 10.2. The number of para-hydroxylation sites is 1. The number of alkyl halides is 1. The number of carbonyl (C=O) groups is 1. The second kappa shape index (κ2) is 5.68. The number of aromatic nitrogens is 2. The van der Waals surface area contributed by atoms with Gasteiger partial charge in [0.2, 0.25) is 5.91 Å². The molecule has 3 rings (SSSR count). The highest BCUT2D eigenvalue weighted by atomic mass is 35.5. The smallest absolute Gasteiger partial charge is 0.243 e. The predicted molar refractivity (Wildman–Crippen MR) is 84.8 cm³/mol. The molecule has 1 aliphatic rings. The van der Waals surface area contributed by atoms with Crippen molar-refractivity contribution in [3.63, 3.8) is 0 Å². The molecule has 1 saturated carbocycles. The van der Waals surface area contributed by atoms with Crippen molar-refractivity contribution in [1.82, 2.24) is 14.9 Å². The van der Waals surface area contributed by atoms with Crippen molar-refractivity contribution in [3.8, 4) is 0 Å². The molecule has 1 N–H and O–H groups in total. The van der Waals surface area contributed by atoms with Gasteiger partial charge in [0.1, 0.15) is 11.9 Å². The maximum absolute atomic E-state index is 12.4. The van der Waals surface area contributed by atoms with E-state index in [1.165, 1.54) is 0 Å². The van der Waals surface area contributed by atoms with Crippen LogP contribution < -0.4 is 5.32 Å². The van der Waals surface area contributed by atoms with E-state index < -0.39 is 0 Å². The molecular weight excluding hydrogens is 286 g/mol. The zero-order valence-corrected chi connectivity index (χ0v) is 13.2. The van der Waals surface area contributed by atoms with Crippen LogP contribution in [0.2, 0.25) is 0 Å². The summed E-state index contributed by atoms with van der Waals surface area (Å²) in [5, 5.41) is 3.07. The quantitative estimate of drug-likeness (QED) is 0.863. The van der Waals surface area contributed by atoms with Crippen molar-refractivity contribution in [2.45, 2.75) is 45.2 Å². The average Bonchev–Trinajstić information content (AvgIpc) is 3.18. The zero-order valence-electron chi connectivity index (χ0n) is 12.4. The number of imidazole rings is 1. The van der Waals surface area contributed by atoms with Gasteiger partial charge in [-0.25, -0.2) is 4.98 Å². The van der Waals surface area contributed by atoms with Gasteiger partial charge in [-0.05, 0) is 38.3 Å². The lowest BCUT2D eigenvalue weighted by molar-refractivity contribution is -0.124. The highest BCUT2D eigenvalue weighted by Gasteiger charge is 2.28. The summed E-state index contributed by atoms with van der Waals surface area (Å²) in [6.45, 7) is 3.97. The zero-order chi connectivity index (χ0) is 15.0. The standard InChI is InChI=1S/C16H20ClN3O/c1-10-4-3-5-13-15(10)19-14(8-9-17)20(13)11(2)16(21)18-12-6-7-12/h3-5,11-12H,6-9H2,1-2H3,(H,18,21). The number of benzene rings is 1. The minimum Gasteiger partial charge on any atom is -0.352 e. The molecule has 1 fully saturated rings. The molecule has 5 heteroatoms. The summed E-state index contributed by atoms with van der Waals surface area (Å²) in [5.41, 5.74) is 3.09. The molecule has 0 spiro atoms. The number of carbonyl (C=O) groups excluding carboxylic acids is 1. The number of aryl methyl sites for hydroxylation is 2. The second-order valence-electron chi connectivity index (χ2n) is 5.74. The van der Waals surface area contributed by atoms with Crippen LogP contribution in [0.25, 0.3) is 11.0 Å². The minimum absolute atomic E-state index is 0.0640. The van der Waals surface area contributed by atoms with Crippen molar-refractivity contribution in [2.24, 2.45) is 0 Å². The van der Waals surface area contributed by atoms with E-state index >= 15 is 0 Å². The molecule has 1 aromatic heterocycles. The van der Waals surface area contributed by atoms with Crippen LogP contribution in [0, 0.1) is 6.92 Å². The molecule has 1 atom stereocenters. The van der Waals surface area contributed by atoms with Crippen LogP contribution >= 0.6 is 11.6 Å². The van der Waals surface area contributed by atoms with Crippen LogP contribution in [0.3, 0.4) is 0 Å². The first-order valence-electron chi connectivity index (χ1n) is 7.44. The van der Waals surface area contributed by atoms with Gasteiger partial charge in [0.25, 0.3) is 0 Å². The summed E-state index contributed by atoms with van der Waals surface area (Å²) in [5.74, 6) is 1.45. The van der Waals surface area contributed by atoms with E-state index in [-0.39, 0.29) is 11.9 Å². The van der Waals surface area contributed by atoms with Gasteiger partial charge >= 0.3 is 0 Å². The Kier molecular flexibility index (Phi) is 3.89. The highest BCUT2D eigenvalue weighted by Crippen LogP contribution is 2.26. The van der Waals surface area contributed by atoms with Crippen molar-refractivity contribution in [1.29, 1.82) is 0 Å². The third kappa shape index (κ3) is 2.77. The lowest BCUT2D eigenvalue weighted by Gasteiger charge is -2.17. The normalized spacial score (nSPS) is 16.1. The van der Waals surface area contributed by atoms with E-state index in [0.717, 1.165) is 35.3 Å². The minimum atomic E-state index is -0.268. The Balaban J connectivity index is 2.03. The Morgan fingerprint density at radius 3 is 2.95 bits per heavy atom. The predicted octanol–water partition coefficient (Wildman–Crippen LogP) is 2.97. The lowest BCUT2D eigenvalue weighted by Crippen LogP contribution is -2.33. The molecule has 0 saturated heterocycles. The van der Waals surface area contributed by atoms with Gasteiger partial charge in [-0.1, -0.05) is 12.1 Å². The fraction of sp³-hybridized carbons (Fsp3) is 0.500. The third-order valence-corrected chi connectivity index (χ3v) is 4.19. The number of rotatable bonds is 5. The first kappa shape index (κ1) is 14.4. The van der Waals surface area contributed by atoms with Crippen LogP contribution in [0.1, 0.15) is 37.2 Å². The molecule has 1 aliphatic carbocycles. The number of amides is 1. The van der Waals surface area contributed by atoms with Gasteiger partial charge in [-0.3, -0.25) is 4.79 Å². The summed E-state index contributed by atoms with van der Waals surface area (Å²) in [4.78, 5) is 17.1. The molecule has 112 valence electrons. The fourth-order valence-corrected chi connectivity index (χ4v) is 2.83. The third-order valence-electron chi connectivity index (χ3n) is 4.00. The number of fused-ring (bicyclic) bond motifs is 1. The van der Waals surface area contributed by atoms with Crippen LogP contribution in [0.15, 0.2) is 18.2 Å². The van der Waals surface area contributed by atoms with E-state index in [4.69, 9.17) is 16.6 Å². The SMILES string of the molecule is Cc1cccc2c1nc(CCCl)n2C(C)C(=O)NC1CC1. The maximum atomic E-state index is 12.4. The molecule has 1 aromatic carbocycles. The van der Waals surface area contributed by atoms with Crippen LogP contribution in [-0.2, 0) is 11.2 Å². The monoisotopic (exact) mass is 305 g/mol. The van der Waals surface area contributed by atoms with E-state index in [2.05, 4.69) is 5.32 Å². The molecule has 4 nitrogen and oxygen atoms in total. The molecule has 1 amide bonds. The maximum Gasteiger partial charge on any atom is 0.243 e. The molecule has 1 unspecified atom stereocenters. The number of hydrogen-bond acceptors (Lipinski definition) is 2. The van der Waals surface area contributed by atoms with Crippen molar-refractivity contribution in [3.05, 3.63) is 29.6 Å². The van der Waals surface area contributed by atoms with Crippen LogP contribution in [0.4, 0.5) is 0 Å². The van der Waals surface area contributed by atoms with Crippen molar-refractivity contribution in [2.75, 3.05) is 5.88 Å². The Morgan fingerprint density at radius 2 is 2.29 bits per heavy atom. The number of hydrogen-bond donors (Lipinski definition) is 1. The summed E-state index contributed by atoms with van der Waals surface area (Å²) in [6, 6.07) is 6.17. The molecule has 0 aliphatic heterocycles. The summed E-state index contributed by atoms with van der Waals surface area (Å²) < 4.78 is 2.03. The number of nitrogens with one attached hydrogen (secondary N) is 1. The van der Waals surface area contributed by atoms with Gasteiger partial charge in [-0.2, -0.15) is 0 Å². The van der Waals surface area contributed by atoms with Crippen molar-refractivity contribution >= 4 is 28.5 Å². The van der Waals surface area contributed by atoms with E-state index in [9.17, 15) is 4.79 Å². The Hall–Kier alpha value is -1.55. The second-order valence-corrected chi connectivity index (χ2v) is 6.12. The molecule has 0 bridgehead atoms. The van der Waals surface area contributed by atoms with E-state index in [0.29, 0.717) is 18.3 Å². The van der Waals surface area contributed by atoms with Gasteiger partial charge in [-0.15, -0.1) is 11.6 Å². The Morgan fingerprint density at radius 1 is 1.52 bits per heavy atom. The first-order chi connectivity index (χ1) is 10.1. The Bertz CT molecular complexity index is 675. The molecule has 21 heavy (non-hydrogen) atoms. The van der Waals surface area contributed by atoms with Crippen molar-refractivity contribution < 1.29 is 4.79 Å². The summed E-state index contributed by atoms with van der Waals surface area (Å²) >= 11 is 5.90. The Labute approximate surface area is 129 Å². The number of halogens is 1. The largest absolute Gasteiger partial charge is 0.352 e.